The normalized spacial score (nSPS) is 15.9. The number of piperazine rings is 1. The third kappa shape index (κ3) is 5.37. The lowest BCUT2D eigenvalue weighted by Crippen LogP contribution is -2.53. The summed E-state index contributed by atoms with van der Waals surface area (Å²) in [5.41, 5.74) is 2.43. The van der Waals surface area contributed by atoms with Crippen molar-refractivity contribution >= 4 is 17.8 Å². The zero-order chi connectivity index (χ0) is 24.9. The van der Waals surface area contributed by atoms with Crippen molar-refractivity contribution in [2.24, 2.45) is 0 Å². The molecule has 8 nitrogen and oxygen atoms in total. The molecule has 0 aliphatic carbocycles. The molecule has 0 amide bonds. The van der Waals surface area contributed by atoms with E-state index >= 15 is 0 Å². The lowest BCUT2D eigenvalue weighted by atomic mass is 10.0. The van der Waals surface area contributed by atoms with Crippen molar-refractivity contribution < 1.29 is 22.8 Å². The van der Waals surface area contributed by atoms with Gasteiger partial charge in [0.25, 0.3) is 0 Å². The van der Waals surface area contributed by atoms with Crippen LogP contribution in [0.5, 0.6) is 0 Å². The summed E-state index contributed by atoms with van der Waals surface area (Å²) in [6.07, 6.45) is 1.00. The number of aromatic nitrogens is 4. The molecule has 3 aromatic rings. The van der Waals surface area contributed by atoms with E-state index in [1.165, 1.54) is 12.1 Å². The number of hydrogen-bond acceptors (Lipinski definition) is 8. The third-order valence-corrected chi connectivity index (χ3v) is 5.75. The van der Waals surface area contributed by atoms with Crippen molar-refractivity contribution in [2.75, 3.05) is 29.4 Å². The number of nitrogens with zero attached hydrogens (tertiary/aromatic N) is 6. The second-order valence-electron chi connectivity index (χ2n) is 7.83. The Labute approximate surface area is 194 Å². The Hall–Kier alpha value is -3.85. The molecule has 0 spiro atoms. The Balaban J connectivity index is 0.00000103. The summed E-state index contributed by atoms with van der Waals surface area (Å²) in [6, 6.07) is 5.25. The molecule has 3 heterocycles. The summed E-state index contributed by atoms with van der Waals surface area (Å²) in [5.74, 6) is 1.66. The zero-order valence-corrected chi connectivity index (χ0v) is 18.9. The summed E-state index contributed by atoms with van der Waals surface area (Å²) >= 11 is 0. The molecule has 178 valence electrons. The molecular weight excluding hydrogens is 449 g/mol. The van der Waals surface area contributed by atoms with Crippen molar-refractivity contribution in [1.29, 1.82) is 0 Å². The SMILES string of the molecule is Cc1c(-c2ccc(C(F)(F)F)cc2)nnc(N2CCN(c3cnccn3)[C@H](C)C2)c1C.O=C=O. The molecule has 1 fully saturated rings. The van der Waals surface area contributed by atoms with Gasteiger partial charge in [-0.15, -0.1) is 10.2 Å². The van der Waals surface area contributed by atoms with Crippen LogP contribution in [-0.4, -0.2) is 52.0 Å². The standard InChI is InChI=1S/C22H23F3N6.CO2/c1-14-13-30(10-11-31(14)19-12-26-8-9-27-19)21-16(3)15(2)20(28-29-21)17-4-6-18(7-5-17)22(23,24)25;2-1-3/h4-9,12,14H,10-11,13H2,1-3H3;/t14-;/m1./s1. The molecule has 1 atom stereocenters. The first kappa shape index (κ1) is 24.8. The quantitative estimate of drug-likeness (QED) is 0.570. The van der Waals surface area contributed by atoms with Gasteiger partial charge in [-0.2, -0.15) is 22.8 Å². The smallest absolute Gasteiger partial charge is 0.351 e. The molecule has 11 heteroatoms. The van der Waals surface area contributed by atoms with Gasteiger partial charge < -0.3 is 9.80 Å². The van der Waals surface area contributed by atoms with Crippen LogP contribution < -0.4 is 9.80 Å². The van der Waals surface area contributed by atoms with Crippen LogP contribution in [0.15, 0.2) is 42.9 Å². The van der Waals surface area contributed by atoms with E-state index in [-0.39, 0.29) is 12.2 Å². The number of anilines is 2. The Morgan fingerprint density at radius 3 is 2.24 bits per heavy atom. The van der Waals surface area contributed by atoms with Gasteiger partial charge in [-0.25, -0.2) is 4.98 Å². The fourth-order valence-corrected chi connectivity index (χ4v) is 3.91. The van der Waals surface area contributed by atoms with E-state index in [0.717, 1.165) is 54.5 Å². The van der Waals surface area contributed by atoms with Gasteiger partial charge in [0.05, 0.1) is 17.5 Å². The van der Waals surface area contributed by atoms with E-state index in [0.29, 0.717) is 11.3 Å². The Kier molecular flexibility index (Phi) is 7.57. The van der Waals surface area contributed by atoms with Gasteiger partial charge in [-0.3, -0.25) is 4.98 Å². The molecule has 0 bridgehead atoms. The van der Waals surface area contributed by atoms with Crippen LogP contribution in [0.25, 0.3) is 11.3 Å². The molecule has 1 aliphatic heterocycles. The minimum atomic E-state index is -4.36. The Bertz CT molecular complexity index is 1150. The molecule has 0 N–H and O–H groups in total. The van der Waals surface area contributed by atoms with Crippen LogP contribution in [0.1, 0.15) is 23.6 Å². The van der Waals surface area contributed by atoms with Crippen molar-refractivity contribution in [3.63, 3.8) is 0 Å². The van der Waals surface area contributed by atoms with Gasteiger partial charge in [-0.1, -0.05) is 12.1 Å². The molecule has 2 aromatic heterocycles. The van der Waals surface area contributed by atoms with E-state index in [4.69, 9.17) is 9.59 Å². The minimum Gasteiger partial charge on any atom is -0.351 e. The highest BCUT2D eigenvalue weighted by Crippen LogP contribution is 2.33. The molecular formula is C23H23F3N6O2. The number of hydrogen-bond donors (Lipinski definition) is 0. The van der Waals surface area contributed by atoms with E-state index in [2.05, 4.69) is 36.9 Å². The highest BCUT2D eigenvalue weighted by atomic mass is 19.4. The number of rotatable bonds is 3. The predicted molar refractivity (Wildman–Crippen MR) is 118 cm³/mol. The summed E-state index contributed by atoms with van der Waals surface area (Å²) in [6.45, 7) is 8.33. The van der Waals surface area contributed by atoms with Gasteiger partial charge in [0, 0.05) is 43.6 Å². The van der Waals surface area contributed by atoms with Crippen LogP contribution in [0.4, 0.5) is 24.8 Å². The van der Waals surface area contributed by atoms with E-state index < -0.39 is 11.7 Å². The second-order valence-corrected chi connectivity index (χ2v) is 7.83. The molecule has 0 unspecified atom stereocenters. The molecule has 1 aromatic carbocycles. The number of halogens is 3. The first-order valence-corrected chi connectivity index (χ1v) is 10.5. The van der Waals surface area contributed by atoms with Crippen molar-refractivity contribution in [1.82, 2.24) is 20.2 Å². The fraction of sp³-hybridized carbons (Fsp3) is 0.348. The van der Waals surface area contributed by atoms with Crippen LogP contribution in [0.2, 0.25) is 0 Å². The van der Waals surface area contributed by atoms with Crippen LogP contribution in [-0.2, 0) is 15.8 Å². The molecule has 1 aliphatic rings. The van der Waals surface area contributed by atoms with Crippen LogP contribution in [0.3, 0.4) is 0 Å². The summed E-state index contributed by atoms with van der Waals surface area (Å²) in [4.78, 5) is 29.2. The molecule has 34 heavy (non-hydrogen) atoms. The van der Waals surface area contributed by atoms with Crippen LogP contribution >= 0.6 is 0 Å². The average molecular weight is 472 g/mol. The van der Waals surface area contributed by atoms with Crippen molar-refractivity contribution in [2.45, 2.75) is 33.0 Å². The van der Waals surface area contributed by atoms with Gasteiger partial charge >= 0.3 is 12.3 Å². The van der Waals surface area contributed by atoms with Crippen molar-refractivity contribution in [3.05, 3.63) is 59.5 Å². The largest absolute Gasteiger partial charge is 0.416 e. The van der Waals surface area contributed by atoms with Gasteiger partial charge in [-0.05, 0) is 44.0 Å². The third-order valence-electron chi connectivity index (χ3n) is 5.75. The maximum Gasteiger partial charge on any atom is 0.416 e. The van der Waals surface area contributed by atoms with E-state index in [1.807, 2.05) is 13.8 Å². The highest BCUT2D eigenvalue weighted by Gasteiger charge is 2.30. The maximum atomic E-state index is 12.8. The first-order chi connectivity index (χ1) is 16.2. The first-order valence-electron chi connectivity index (χ1n) is 10.5. The molecule has 4 rings (SSSR count). The van der Waals surface area contributed by atoms with Gasteiger partial charge in [0.15, 0.2) is 5.82 Å². The fourth-order valence-electron chi connectivity index (χ4n) is 3.91. The second kappa shape index (κ2) is 10.4. The number of carbonyl (C=O) groups excluding carboxylic acids is 2. The zero-order valence-electron chi connectivity index (χ0n) is 18.9. The number of alkyl halides is 3. The number of benzene rings is 1. The maximum absolute atomic E-state index is 12.8. The van der Waals surface area contributed by atoms with Gasteiger partial charge in [0.2, 0.25) is 0 Å². The Morgan fingerprint density at radius 1 is 1.00 bits per heavy atom. The Morgan fingerprint density at radius 2 is 1.68 bits per heavy atom. The van der Waals surface area contributed by atoms with Gasteiger partial charge in [0.1, 0.15) is 5.82 Å². The molecule has 1 saturated heterocycles. The van der Waals surface area contributed by atoms with E-state index in [9.17, 15) is 13.2 Å². The lowest BCUT2D eigenvalue weighted by molar-refractivity contribution is -0.191. The summed E-state index contributed by atoms with van der Waals surface area (Å²) in [5, 5.41) is 8.82. The topological polar surface area (TPSA) is 92.2 Å². The lowest BCUT2D eigenvalue weighted by Gasteiger charge is -2.41. The summed E-state index contributed by atoms with van der Waals surface area (Å²) < 4.78 is 38.5. The molecule has 0 radical (unpaired) electrons. The molecule has 0 saturated carbocycles. The van der Waals surface area contributed by atoms with Crippen molar-refractivity contribution in [3.8, 4) is 11.3 Å². The van der Waals surface area contributed by atoms with Crippen LogP contribution in [0, 0.1) is 13.8 Å². The average Bonchev–Trinajstić information content (AvgIpc) is 2.81. The predicted octanol–water partition coefficient (Wildman–Crippen LogP) is 3.70. The monoisotopic (exact) mass is 472 g/mol. The summed E-state index contributed by atoms with van der Waals surface area (Å²) in [7, 11) is 0. The highest BCUT2D eigenvalue weighted by molar-refractivity contribution is 5.67. The minimum absolute atomic E-state index is 0.210. The van der Waals surface area contributed by atoms with E-state index in [1.54, 1.807) is 18.6 Å².